The summed E-state index contributed by atoms with van der Waals surface area (Å²) in [7, 11) is 0. The van der Waals surface area contributed by atoms with E-state index in [2.05, 4.69) is 15.5 Å². The molecule has 0 atom stereocenters. The van der Waals surface area contributed by atoms with Crippen molar-refractivity contribution in [1.29, 1.82) is 0 Å². The number of rotatable bonds is 8. The third-order valence-corrected chi connectivity index (χ3v) is 7.81. The SMILES string of the molecule is CCOC(=O)C1(c2ccc(-c3ccc(-c4onc(C)c4Nc4cccc(-c5cccc(F)c5Cl)n4)cc3)cc2)CC1. The van der Waals surface area contributed by atoms with Gasteiger partial charge in [0.05, 0.1) is 22.7 Å². The molecular formula is C33H27ClFN3O3. The highest BCUT2D eigenvalue weighted by atomic mass is 35.5. The second-order valence-corrected chi connectivity index (χ2v) is 10.4. The Balaban J connectivity index is 1.22. The molecule has 2 heterocycles. The van der Waals surface area contributed by atoms with Gasteiger partial charge in [0.2, 0.25) is 0 Å². The van der Waals surface area contributed by atoms with Crippen molar-refractivity contribution < 1.29 is 18.4 Å². The second kappa shape index (κ2) is 10.8. The Bertz CT molecular complexity index is 1730. The number of anilines is 2. The van der Waals surface area contributed by atoms with Crippen molar-refractivity contribution >= 4 is 29.1 Å². The molecule has 1 aliphatic carbocycles. The first-order valence-electron chi connectivity index (χ1n) is 13.4. The standard InChI is InChI=1S/C33H27ClFN3O3/c1-3-40-32(39)33(18-19-33)24-16-14-22(15-17-24)21-10-12-23(13-11-21)31-30(20(2)38-41-31)37-28-9-5-8-27(36-28)25-6-4-7-26(35)29(25)34/h4-17H,3,18-19H2,1-2H3,(H,36,37). The molecule has 1 N–H and O–H groups in total. The maximum Gasteiger partial charge on any atom is 0.316 e. The fourth-order valence-corrected chi connectivity index (χ4v) is 5.22. The van der Waals surface area contributed by atoms with Gasteiger partial charge in [-0.1, -0.05) is 83.5 Å². The van der Waals surface area contributed by atoms with E-state index in [0.29, 0.717) is 40.8 Å². The molecule has 0 spiro atoms. The quantitative estimate of drug-likeness (QED) is 0.189. The summed E-state index contributed by atoms with van der Waals surface area (Å²) in [6.45, 7) is 4.07. The molecular weight excluding hydrogens is 541 g/mol. The number of pyridine rings is 1. The van der Waals surface area contributed by atoms with Gasteiger partial charge in [0.25, 0.3) is 0 Å². The van der Waals surface area contributed by atoms with Crippen LogP contribution in [-0.4, -0.2) is 22.7 Å². The van der Waals surface area contributed by atoms with Crippen LogP contribution in [0.15, 0.2) is 89.5 Å². The number of hydrogen-bond donors (Lipinski definition) is 1. The van der Waals surface area contributed by atoms with Gasteiger partial charge in [0.1, 0.15) is 23.0 Å². The van der Waals surface area contributed by atoms with Gasteiger partial charge in [-0.05, 0) is 61.6 Å². The Hall–Kier alpha value is -4.49. The molecule has 1 saturated carbocycles. The van der Waals surface area contributed by atoms with Crippen molar-refractivity contribution in [2.75, 3.05) is 11.9 Å². The zero-order valence-corrected chi connectivity index (χ0v) is 23.3. The molecule has 0 saturated heterocycles. The summed E-state index contributed by atoms with van der Waals surface area (Å²) in [6.07, 6.45) is 1.65. The van der Waals surface area contributed by atoms with E-state index in [-0.39, 0.29) is 11.0 Å². The van der Waals surface area contributed by atoms with Crippen LogP contribution in [0, 0.1) is 12.7 Å². The number of carbonyl (C=O) groups excluding carboxylic acids is 1. The molecule has 0 aliphatic heterocycles. The summed E-state index contributed by atoms with van der Waals surface area (Å²) in [5.41, 5.74) is 5.85. The second-order valence-electron chi connectivity index (χ2n) is 10.1. The Morgan fingerprint density at radius 3 is 2.32 bits per heavy atom. The molecule has 6 rings (SSSR count). The summed E-state index contributed by atoms with van der Waals surface area (Å²) < 4.78 is 25.0. The van der Waals surface area contributed by atoms with Gasteiger partial charge < -0.3 is 14.6 Å². The third kappa shape index (κ3) is 5.09. The average Bonchev–Trinajstić information content (AvgIpc) is 3.74. The molecule has 0 unspecified atom stereocenters. The number of esters is 1. The predicted molar refractivity (Wildman–Crippen MR) is 158 cm³/mol. The van der Waals surface area contributed by atoms with Crippen molar-refractivity contribution in [2.45, 2.75) is 32.1 Å². The molecule has 1 aliphatic rings. The summed E-state index contributed by atoms with van der Waals surface area (Å²) >= 11 is 6.19. The Morgan fingerprint density at radius 1 is 0.976 bits per heavy atom. The van der Waals surface area contributed by atoms with E-state index in [1.165, 1.54) is 6.07 Å². The number of carbonyl (C=O) groups is 1. The third-order valence-electron chi connectivity index (χ3n) is 7.43. The minimum Gasteiger partial charge on any atom is -0.465 e. The molecule has 5 aromatic rings. The van der Waals surface area contributed by atoms with Crippen molar-refractivity contribution in [2.24, 2.45) is 0 Å². The van der Waals surface area contributed by atoms with Gasteiger partial charge >= 0.3 is 5.97 Å². The Morgan fingerprint density at radius 2 is 1.63 bits per heavy atom. The average molecular weight is 568 g/mol. The normalized spacial score (nSPS) is 13.6. The predicted octanol–water partition coefficient (Wildman–Crippen LogP) is 8.51. The highest BCUT2D eigenvalue weighted by molar-refractivity contribution is 6.33. The van der Waals surface area contributed by atoms with E-state index in [9.17, 15) is 9.18 Å². The molecule has 206 valence electrons. The Labute approximate surface area is 242 Å². The van der Waals surface area contributed by atoms with Crippen molar-refractivity contribution in [1.82, 2.24) is 10.1 Å². The van der Waals surface area contributed by atoms with E-state index < -0.39 is 11.2 Å². The lowest BCUT2D eigenvalue weighted by atomic mass is 9.93. The van der Waals surface area contributed by atoms with Crippen LogP contribution < -0.4 is 5.32 Å². The Kier molecular flexibility index (Phi) is 7.05. The molecule has 2 aromatic heterocycles. The number of nitrogens with zero attached hydrogens (tertiary/aromatic N) is 2. The minimum absolute atomic E-state index is 0.0276. The number of nitrogens with one attached hydrogen (secondary N) is 1. The van der Waals surface area contributed by atoms with Crippen LogP contribution in [0.2, 0.25) is 5.02 Å². The van der Waals surface area contributed by atoms with E-state index in [0.717, 1.165) is 35.1 Å². The molecule has 0 amide bonds. The maximum absolute atomic E-state index is 14.0. The summed E-state index contributed by atoms with van der Waals surface area (Å²) in [6, 6.07) is 26.2. The number of aromatic nitrogens is 2. The first-order chi connectivity index (χ1) is 19.9. The molecule has 41 heavy (non-hydrogen) atoms. The summed E-state index contributed by atoms with van der Waals surface area (Å²) in [5, 5.41) is 7.51. The van der Waals surface area contributed by atoms with Gasteiger partial charge in [0, 0.05) is 11.1 Å². The monoisotopic (exact) mass is 567 g/mol. The first-order valence-corrected chi connectivity index (χ1v) is 13.8. The molecule has 0 bridgehead atoms. The molecule has 1 fully saturated rings. The number of halogens is 2. The molecule has 0 radical (unpaired) electrons. The highest BCUT2D eigenvalue weighted by Crippen LogP contribution is 2.49. The molecule has 3 aromatic carbocycles. The van der Waals surface area contributed by atoms with Gasteiger partial charge in [-0.2, -0.15) is 0 Å². The fourth-order valence-electron chi connectivity index (χ4n) is 5.00. The number of ether oxygens (including phenoxy) is 1. The van der Waals surface area contributed by atoms with E-state index in [4.69, 9.17) is 20.9 Å². The maximum atomic E-state index is 14.0. The van der Waals surface area contributed by atoms with Crippen LogP contribution in [-0.2, 0) is 14.9 Å². The van der Waals surface area contributed by atoms with Gasteiger partial charge in [-0.25, -0.2) is 9.37 Å². The van der Waals surface area contributed by atoms with E-state index in [1.807, 2.05) is 74.5 Å². The van der Waals surface area contributed by atoms with Crippen molar-refractivity contribution in [3.8, 4) is 33.7 Å². The zero-order chi connectivity index (χ0) is 28.6. The summed E-state index contributed by atoms with van der Waals surface area (Å²) in [5.74, 6) is 0.488. The topological polar surface area (TPSA) is 77.2 Å². The number of hydrogen-bond acceptors (Lipinski definition) is 6. The number of aryl methyl sites for hydroxylation is 1. The lowest BCUT2D eigenvalue weighted by Crippen LogP contribution is -2.23. The van der Waals surface area contributed by atoms with Crippen LogP contribution in [0.5, 0.6) is 0 Å². The lowest BCUT2D eigenvalue weighted by molar-refractivity contribution is -0.146. The van der Waals surface area contributed by atoms with Crippen molar-refractivity contribution in [3.05, 3.63) is 107 Å². The largest absolute Gasteiger partial charge is 0.465 e. The van der Waals surface area contributed by atoms with Gasteiger partial charge in [-0.15, -0.1) is 0 Å². The fraction of sp³-hybridized carbons (Fsp3) is 0.182. The van der Waals surface area contributed by atoms with Crippen LogP contribution in [0.3, 0.4) is 0 Å². The van der Waals surface area contributed by atoms with Crippen molar-refractivity contribution in [3.63, 3.8) is 0 Å². The van der Waals surface area contributed by atoms with Crippen LogP contribution in [0.1, 0.15) is 31.0 Å². The summed E-state index contributed by atoms with van der Waals surface area (Å²) in [4.78, 5) is 17.1. The minimum atomic E-state index is -0.496. The van der Waals surface area contributed by atoms with Gasteiger partial charge in [0.15, 0.2) is 5.76 Å². The molecule has 6 nitrogen and oxygen atoms in total. The highest BCUT2D eigenvalue weighted by Gasteiger charge is 2.52. The van der Waals surface area contributed by atoms with E-state index in [1.54, 1.807) is 18.2 Å². The smallest absolute Gasteiger partial charge is 0.316 e. The van der Waals surface area contributed by atoms with Gasteiger partial charge in [-0.3, -0.25) is 4.79 Å². The van der Waals surface area contributed by atoms with Crippen LogP contribution in [0.25, 0.3) is 33.7 Å². The van der Waals surface area contributed by atoms with E-state index >= 15 is 0 Å². The van der Waals surface area contributed by atoms with Crippen LogP contribution in [0.4, 0.5) is 15.9 Å². The van der Waals surface area contributed by atoms with Crippen LogP contribution >= 0.6 is 11.6 Å². The zero-order valence-electron chi connectivity index (χ0n) is 22.6. The first kappa shape index (κ1) is 26.7. The number of benzene rings is 3. The lowest BCUT2D eigenvalue weighted by Gasteiger charge is -2.14. The molecule has 8 heteroatoms.